The fraction of sp³-hybridized carbons (Fsp3) is 0.267. The molecule has 21 heavy (non-hydrogen) atoms. The van der Waals surface area contributed by atoms with Crippen LogP contribution in [0, 0.1) is 0 Å². The quantitative estimate of drug-likeness (QED) is 0.884. The second-order valence-electron chi connectivity index (χ2n) is 4.79. The van der Waals surface area contributed by atoms with E-state index in [9.17, 15) is 4.79 Å². The lowest BCUT2D eigenvalue weighted by Gasteiger charge is -2.25. The second-order valence-corrected chi connectivity index (χ2v) is 5.14. The lowest BCUT2D eigenvalue weighted by atomic mass is 10.0. The molecule has 0 saturated carbocycles. The highest BCUT2D eigenvalue weighted by molar-refractivity contribution is 6.30. The van der Waals surface area contributed by atoms with E-state index in [0.29, 0.717) is 17.6 Å². The van der Waals surface area contributed by atoms with Crippen molar-refractivity contribution in [2.75, 3.05) is 6.61 Å². The molecule has 0 saturated heterocycles. The summed E-state index contributed by atoms with van der Waals surface area (Å²) in [7, 11) is 0. The summed E-state index contributed by atoms with van der Waals surface area (Å²) in [5, 5.41) is 3.37. The van der Waals surface area contributed by atoms with E-state index in [4.69, 9.17) is 16.3 Å². The summed E-state index contributed by atoms with van der Waals surface area (Å²) in [4.78, 5) is 20.3. The largest absolute Gasteiger partial charge is 0.477 e. The van der Waals surface area contributed by atoms with Crippen molar-refractivity contribution in [1.82, 2.24) is 15.3 Å². The van der Waals surface area contributed by atoms with Gasteiger partial charge in [-0.05, 0) is 17.7 Å². The first-order valence-corrected chi connectivity index (χ1v) is 7.08. The minimum atomic E-state index is -0.0911. The number of hydrogen-bond acceptors (Lipinski definition) is 4. The number of pyridine rings is 2. The van der Waals surface area contributed by atoms with Gasteiger partial charge in [-0.15, -0.1) is 0 Å². The molecule has 108 valence electrons. The number of nitrogens with one attached hydrogen (secondary N) is 1. The van der Waals surface area contributed by atoms with Crippen LogP contribution in [0.1, 0.15) is 23.6 Å². The average molecular weight is 304 g/mol. The molecule has 0 radical (unpaired) electrons. The van der Waals surface area contributed by atoms with E-state index < -0.39 is 0 Å². The molecule has 1 aliphatic rings. The van der Waals surface area contributed by atoms with Gasteiger partial charge in [0.2, 0.25) is 11.8 Å². The van der Waals surface area contributed by atoms with Crippen LogP contribution in [0.25, 0.3) is 0 Å². The number of fused-ring (bicyclic) bond motifs is 1. The van der Waals surface area contributed by atoms with Crippen LogP contribution < -0.4 is 10.1 Å². The number of hydrogen-bond donors (Lipinski definition) is 1. The molecular weight excluding hydrogens is 290 g/mol. The molecule has 0 fully saturated rings. The topological polar surface area (TPSA) is 64.1 Å². The summed E-state index contributed by atoms with van der Waals surface area (Å²) in [6, 6.07) is 7.25. The number of aromatic nitrogens is 2. The Kier molecular flexibility index (Phi) is 4.01. The van der Waals surface area contributed by atoms with Gasteiger partial charge in [-0.2, -0.15) is 0 Å². The van der Waals surface area contributed by atoms with Gasteiger partial charge in [-0.1, -0.05) is 23.7 Å². The van der Waals surface area contributed by atoms with Crippen molar-refractivity contribution in [3.05, 3.63) is 52.9 Å². The SMILES string of the molecule is O=C(Cc1cccnc1Cl)NC1CCOc2ncccc21. The van der Waals surface area contributed by atoms with Gasteiger partial charge in [0, 0.05) is 24.4 Å². The number of rotatable bonds is 3. The Morgan fingerprint density at radius 3 is 3.00 bits per heavy atom. The average Bonchev–Trinajstić information content (AvgIpc) is 2.50. The molecule has 1 N–H and O–H groups in total. The molecule has 1 unspecified atom stereocenters. The lowest BCUT2D eigenvalue weighted by Crippen LogP contribution is -2.33. The third-order valence-corrected chi connectivity index (χ3v) is 3.68. The van der Waals surface area contributed by atoms with Crippen molar-refractivity contribution in [2.45, 2.75) is 18.9 Å². The maximum atomic E-state index is 12.2. The van der Waals surface area contributed by atoms with Crippen LogP contribution >= 0.6 is 11.6 Å². The Labute approximate surface area is 127 Å². The van der Waals surface area contributed by atoms with Crippen molar-refractivity contribution in [3.63, 3.8) is 0 Å². The minimum absolute atomic E-state index is 0.0783. The van der Waals surface area contributed by atoms with Crippen LogP contribution in [0.15, 0.2) is 36.7 Å². The van der Waals surface area contributed by atoms with Gasteiger partial charge < -0.3 is 10.1 Å². The van der Waals surface area contributed by atoms with Gasteiger partial charge in [-0.25, -0.2) is 9.97 Å². The molecule has 1 aliphatic heterocycles. The van der Waals surface area contributed by atoms with Gasteiger partial charge in [-0.3, -0.25) is 4.79 Å². The zero-order chi connectivity index (χ0) is 14.7. The van der Waals surface area contributed by atoms with Gasteiger partial charge in [0.1, 0.15) is 5.15 Å². The van der Waals surface area contributed by atoms with E-state index in [0.717, 1.165) is 17.5 Å². The molecule has 0 aromatic carbocycles. The Morgan fingerprint density at radius 1 is 1.33 bits per heavy atom. The van der Waals surface area contributed by atoms with Gasteiger partial charge >= 0.3 is 0 Å². The molecular formula is C15H14ClN3O2. The zero-order valence-corrected chi connectivity index (χ0v) is 12.0. The molecule has 3 rings (SSSR count). The van der Waals surface area contributed by atoms with Gasteiger partial charge in [0.25, 0.3) is 0 Å². The summed E-state index contributed by atoms with van der Waals surface area (Å²) in [5.41, 5.74) is 1.63. The first-order chi connectivity index (χ1) is 10.2. The molecule has 0 bridgehead atoms. The maximum Gasteiger partial charge on any atom is 0.225 e. The van der Waals surface area contributed by atoms with Crippen molar-refractivity contribution < 1.29 is 9.53 Å². The molecule has 2 aromatic heterocycles. The second kappa shape index (κ2) is 6.10. The number of carbonyl (C=O) groups is 1. The van der Waals surface area contributed by atoms with E-state index in [2.05, 4.69) is 15.3 Å². The Balaban J connectivity index is 1.70. The Bertz CT molecular complexity index is 663. The predicted molar refractivity (Wildman–Crippen MR) is 78.2 cm³/mol. The van der Waals surface area contributed by atoms with Crippen LogP contribution in [0.3, 0.4) is 0 Å². The fourth-order valence-corrected chi connectivity index (χ4v) is 2.52. The van der Waals surface area contributed by atoms with Crippen LogP contribution in [-0.2, 0) is 11.2 Å². The van der Waals surface area contributed by atoms with Crippen molar-refractivity contribution in [1.29, 1.82) is 0 Å². The molecule has 5 nitrogen and oxygen atoms in total. The molecule has 6 heteroatoms. The normalized spacial score (nSPS) is 16.7. The number of halogens is 1. The fourth-order valence-electron chi connectivity index (χ4n) is 2.34. The van der Waals surface area contributed by atoms with Gasteiger partial charge in [0.15, 0.2) is 0 Å². The van der Waals surface area contributed by atoms with Crippen molar-refractivity contribution in [2.24, 2.45) is 0 Å². The molecule has 1 amide bonds. The van der Waals surface area contributed by atoms with E-state index >= 15 is 0 Å². The number of nitrogens with zero attached hydrogens (tertiary/aromatic N) is 2. The van der Waals surface area contributed by atoms with E-state index in [-0.39, 0.29) is 18.4 Å². The van der Waals surface area contributed by atoms with Crippen molar-refractivity contribution in [3.8, 4) is 5.88 Å². The van der Waals surface area contributed by atoms with E-state index in [1.165, 1.54) is 0 Å². The smallest absolute Gasteiger partial charge is 0.225 e. The number of ether oxygens (including phenoxy) is 1. The van der Waals surface area contributed by atoms with Crippen molar-refractivity contribution >= 4 is 17.5 Å². The summed E-state index contributed by atoms with van der Waals surface area (Å²) in [6.07, 6.45) is 4.22. The predicted octanol–water partition coefficient (Wildman–Crippen LogP) is 2.31. The minimum Gasteiger partial charge on any atom is -0.477 e. The Morgan fingerprint density at radius 2 is 2.14 bits per heavy atom. The standard InChI is InChI=1S/C15H14ClN3O2/c16-14-10(3-1-6-17-14)9-13(20)19-12-5-8-21-15-11(12)4-2-7-18-15/h1-4,6-7,12H,5,8-9H2,(H,19,20). The highest BCUT2D eigenvalue weighted by Crippen LogP contribution is 2.29. The molecule has 0 aliphatic carbocycles. The van der Waals surface area contributed by atoms with Gasteiger partial charge in [0.05, 0.1) is 19.1 Å². The Hall–Kier alpha value is -2.14. The molecule has 2 aromatic rings. The molecule has 1 atom stereocenters. The third kappa shape index (κ3) is 3.13. The summed E-state index contributed by atoms with van der Waals surface area (Å²) in [5.74, 6) is 0.500. The van der Waals surface area contributed by atoms with Crippen LogP contribution in [0.4, 0.5) is 0 Å². The third-order valence-electron chi connectivity index (χ3n) is 3.34. The number of carbonyl (C=O) groups excluding carboxylic acids is 1. The van der Waals surface area contributed by atoms with E-state index in [1.54, 1.807) is 24.5 Å². The highest BCUT2D eigenvalue weighted by atomic mass is 35.5. The van der Waals surface area contributed by atoms with E-state index in [1.807, 2.05) is 12.1 Å². The first-order valence-electron chi connectivity index (χ1n) is 6.70. The lowest BCUT2D eigenvalue weighted by molar-refractivity contribution is -0.121. The highest BCUT2D eigenvalue weighted by Gasteiger charge is 2.23. The molecule has 3 heterocycles. The number of amides is 1. The first kappa shape index (κ1) is 13.8. The summed E-state index contributed by atoms with van der Waals surface area (Å²) >= 11 is 5.97. The summed E-state index contributed by atoms with van der Waals surface area (Å²) in [6.45, 7) is 0.544. The van der Waals surface area contributed by atoms with Crippen LogP contribution in [0.2, 0.25) is 5.15 Å². The maximum absolute atomic E-state index is 12.2. The summed E-state index contributed by atoms with van der Waals surface area (Å²) < 4.78 is 5.48. The van der Waals surface area contributed by atoms with Crippen LogP contribution in [0.5, 0.6) is 5.88 Å². The monoisotopic (exact) mass is 303 g/mol. The van der Waals surface area contributed by atoms with Crippen LogP contribution in [-0.4, -0.2) is 22.5 Å². The molecule has 0 spiro atoms. The zero-order valence-electron chi connectivity index (χ0n) is 11.3.